The number of β-amino-alcohol motifs (C(OH)–C–C–N with tert-alkyl or cyclic N) is 1. The van der Waals surface area contributed by atoms with Crippen LogP contribution < -0.4 is 0 Å². The fraction of sp³-hybridized carbons (Fsp3) is 0.500. The Morgan fingerprint density at radius 3 is 2.38 bits per heavy atom. The van der Waals surface area contributed by atoms with Crippen LogP contribution in [0, 0.1) is 5.82 Å². The van der Waals surface area contributed by atoms with Crippen LogP contribution >= 0.6 is 11.3 Å². The molecular formula is C18H24FN3OS. The highest BCUT2D eigenvalue weighted by Crippen LogP contribution is 2.24. The van der Waals surface area contributed by atoms with Crippen LogP contribution in [0.5, 0.6) is 0 Å². The summed E-state index contributed by atoms with van der Waals surface area (Å²) in [5.74, 6) is -0.223. The van der Waals surface area contributed by atoms with E-state index >= 15 is 0 Å². The highest BCUT2D eigenvalue weighted by atomic mass is 32.1. The summed E-state index contributed by atoms with van der Waals surface area (Å²) in [5.41, 5.74) is 1.39. The summed E-state index contributed by atoms with van der Waals surface area (Å²) in [4.78, 5) is 9.38. The Kier molecular flexibility index (Phi) is 5.30. The summed E-state index contributed by atoms with van der Waals surface area (Å²) in [6.45, 7) is 9.18. The van der Waals surface area contributed by atoms with E-state index in [0.29, 0.717) is 6.54 Å². The molecule has 6 heteroatoms. The normalized spacial score (nSPS) is 17.3. The van der Waals surface area contributed by atoms with Crippen molar-refractivity contribution < 1.29 is 9.50 Å². The molecule has 0 spiro atoms. The third-order valence-electron chi connectivity index (χ3n) is 4.10. The highest BCUT2D eigenvalue weighted by molar-refractivity contribution is 7.13. The van der Waals surface area contributed by atoms with Crippen LogP contribution in [0.15, 0.2) is 29.6 Å². The predicted molar refractivity (Wildman–Crippen MR) is 95.5 cm³/mol. The first-order chi connectivity index (χ1) is 11.4. The van der Waals surface area contributed by atoms with Crippen LogP contribution in [-0.2, 0) is 6.54 Å². The van der Waals surface area contributed by atoms with Crippen molar-refractivity contribution in [3.8, 4) is 10.6 Å². The Labute approximate surface area is 146 Å². The van der Waals surface area contributed by atoms with E-state index in [9.17, 15) is 9.50 Å². The number of benzene rings is 1. The molecule has 1 N–H and O–H groups in total. The number of nitrogens with zero attached hydrogens (tertiary/aromatic N) is 3. The second-order valence-corrected chi connectivity index (χ2v) is 7.87. The molecule has 0 aliphatic carbocycles. The second-order valence-electron chi connectivity index (χ2n) is 7.02. The Balaban J connectivity index is 1.54. The summed E-state index contributed by atoms with van der Waals surface area (Å²) in [6, 6.07) is 6.48. The zero-order valence-electron chi connectivity index (χ0n) is 14.2. The maximum atomic E-state index is 13.0. The van der Waals surface area contributed by atoms with Gasteiger partial charge in [0.05, 0.1) is 11.3 Å². The molecule has 0 bridgehead atoms. The maximum Gasteiger partial charge on any atom is 0.123 e. The monoisotopic (exact) mass is 349 g/mol. The van der Waals surface area contributed by atoms with Crippen molar-refractivity contribution in [1.29, 1.82) is 0 Å². The number of halogens is 1. The Morgan fingerprint density at radius 1 is 1.12 bits per heavy atom. The first-order valence-corrected chi connectivity index (χ1v) is 9.14. The number of piperazine rings is 1. The molecule has 2 aromatic rings. The zero-order valence-corrected chi connectivity index (χ0v) is 15.0. The number of rotatable bonds is 5. The minimum Gasteiger partial charge on any atom is -0.389 e. The van der Waals surface area contributed by atoms with Gasteiger partial charge in [0.15, 0.2) is 0 Å². The van der Waals surface area contributed by atoms with Crippen LogP contribution in [0.3, 0.4) is 0 Å². The second kappa shape index (κ2) is 7.27. The maximum absolute atomic E-state index is 13.0. The van der Waals surface area contributed by atoms with E-state index in [4.69, 9.17) is 0 Å². The van der Waals surface area contributed by atoms with Gasteiger partial charge in [-0.3, -0.25) is 9.80 Å². The molecule has 2 heterocycles. The molecule has 1 saturated heterocycles. The van der Waals surface area contributed by atoms with Gasteiger partial charge in [-0.15, -0.1) is 11.3 Å². The van der Waals surface area contributed by atoms with Crippen molar-refractivity contribution in [2.75, 3.05) is 32.7 Å². The largest absolute Gasteiger partial charge is 0.389 e. The van der Waals surface area contributed by atoms with Gasteiger partial charge >= 0.3 is 0 Å². The molecule has 0 amide bonds. The van der Waals surface area contributed by atoms with Crippen LogP contribution in [0.4, 0.5) is 4.39 Å². The van der Waals surface area contributed by atoms with Crippen molar-refractivity contribution in [2.24, 2.45) is 0 Å². The Bertz CT molecular complexity index is 658. The lowest BCUT2D eigenvalue weighted by Gasteiger charge is -2.37. The summed E-state index contributed by atoms with van der Waals surface area (Å²) in [6.07, 6.45) is 0. The number of hydrogen-bond acceptors (Lipinski definition) is 5. The van der Waals surface area contributed by atoms with Crippen molar-refractivity contribution in [2.45, 2.75) is 26.0 Å². The molecule has 4 nitrogen and oxygen atoms in total. The minimum absolute atomic E-state index is 0.223. The number of hydrogen-bond donors (Lipinski definition) is 1. The average Bonchev–Trinajstić information content (AvgIpc) is 2.97. The van der Waals surface area contributed by atoms with E-state index in [0.717, 1.165) is 49.0 Å². The van der Waals surface area contributed by atoms with Crippen LogP contribution in [-0.4, -0.2) is 58.2 Å². The van der Waals surface area contributed by atoms with Gasteiger partial charge in [0.2, 0.25) is 0 Å². The molecule has 0 unspecified atom stereocenters. The van der Waals surface area contributed by atoms with Gasteiger partial charge in [0.25, 0.3) is 0 Å². The zero-order chi connectivity index (χ0) is 17.2. The molecule has 0 radical (unpaired) electrons. The molecule has 1 aliphatic heterocycles. The van der Waals surface area contributed by atoms with E-state index in [-0.39, 0.29) is 5.82 Å². The van der Waals surface area contributed by atoms with E-state index in [1.807, 2.05) is 13.8 Å². The lowest BCUT2D eigenvalue weighted by molar-refractivity contribution is 0.0165. The molecule has 0 saturated carbocycles. The van der Waals surface area contributed by atoms with E-state index in [1.165, 1.54) is 12.1 Å². The third-order valence-corrected chi connectivity index (χ3v) is 5.04. The van der Waals surface area contributed by atoms with Gasteiger partial charge in [0, 0.05) is 50.2 Å². The number of aromatic nitrogens is 1. The molecule has 3 rings (SSSR count). The molecule has 1 aromatic carbocycles. The molecule has 24 heavy (non-hydrogen) atoms. The quantitative estimate of drug-likeness (QED) is 0.901. The van der Waals surface area contributed by atoms with Crippen LogP contribution in [0.2, 0.25) is 0 Å². The van der Waals surface area contributed by atoms with E-state index < -0.39 is 5.60 Å². The fourth-order valence-electron chi connectivity index (χ4n) is 2.99. The highest BCUT2D eigenvalue weighted by Gasteiger charge is 2.23. The molecule has 0 atom stereocenters. The lowest BCUT2D eigenvalue weighted by Crippen LogP contribution is -2.50. The summed E-state index contributed by atoms with van der Waals surface area (Å²) in [7, 11) is 0. The standard InChI is InChI=1S/C18H24FN3OS/c1-18(2,23)13-22-9-7-21(8-10-22)11-16-12-24-17(20-16)14-3-5-15(19)6-4-14/h3-6,12,23H,7-11,13H2,1-2H3. The van der Waals surface area contributed by atoms with Gasteiger partial charge in [-0.1, -0.05) is 0 Å². The summed E-state index contributed by atoms with van der Waals surface area (Å²) >= 11 is 1.60. The lowest BCUT2D eigenvalue weighted by atomic mass is 10.1. The molecule has 1 fully saturated rings. The molecule has 1 aliphatic rings. The van der Waals surface area contributed by atoms with Gasteiger partial charge in [-0.2, -0.15) is 0 Å². The first kappa shape index (κ1) is 17.5. The third kappa shape index (κ3) is 4.83. The van der Waals surface area contributed by atoms with Crippen molar-refractivity contribution in [3.05, 3.63) is 41.2 Å². The topological polar surface area (TPSA) is 39.6 Å². The van der Waals surface area contributed by atoms with Gasteiger partial charge in [0.1, 0.15) is 10.8 Å². The number of aliphatic hydroxyl groups is 1. The summed E-state index contributed by atoms with van der Waals surface area (Å²) < 4.78 is 13.0. The molecular weight excluding hydrogens is 325 g/mol. The Hall–Kier alpha value is -1.34. The average molecular weight is 349 g/mol. The predicted octanol–water partition coefficient (Wildman–Crippen LogP) is 2.84. The summed E-state index contributed by atoms with van der Waals surface area (Å²) in [5, 5.41) is 12.9. The molecule has 1 aromatic heterocycles. The number of thiazole rings is 1. The van der Waals surface area contributed by atoms with E-state index in [1.54, 1.807) is 23.5 Å². The fourth-order valence-corrected chi connectivity index (χ4v) is 3.80. The first-order valence-electron chi connectivity index (χ1n) is 8.26. The SMILES string of the molecule is CC(C)(O)CN1CCN(Cc2csc(-c3ccc(F)cc3)n2)CC1. The van der Waals surface area contributed by atoms with Crippen LogP contribution in [0.25, 0.3) is 10.6 Å². The minimum atomic E-state index is -0.638. The van der Waals surface area contributed by atoms with Crippen molar-refractivity contribution in [3.63, 3.8) is 0 Å². The smallest absolute Gasteiger partial charge is 0.123 e. The van der Waals surface area contributed by atoms with Gasteiger partial charge in [-0.05, 0) is 38.1 Å². The van der Waals surface area contributed by atoms with Gasteiger partial charge < -0.3 is 5.11 Å². The van der Waals surface area contributed by atoms with E-state index in [2.05, 4.69) is 20.2 Å². The van der Waals surface area contributed by atoms with Crippen molar-refractivity contribution >= 4 is 11.3 Å². The van der Waals surface area contributed by atoms with Gasteiger partial charge in [-0.25, -0.2) is 9.37 Å². The Morgan fingerprint density at radius 2 is 1.75 bits per heavy atom. The molecule has 130 valence electrons. The van der Waals surface area contributed by atoms with Crippen molar-refractivity contribution in [1.82, 2.24) is 14.8 Å². The van der Waals surface area contributed by atoms with Crippen LogP contribution in [0.1, 0.15) is 19.5 Å².